The first-order valence-electron chi connectivity index (χ1n) is 5.65. The molecule has 84 valence electrons. The molecule has 0 heterocycles. The van der Waals surface area contributed by atoms with Crippen LogP contribution in [0.3, 0.4) is 0 Å². The standard InChI is InChI=1S/C15H18O/c1-2-3-4-5-6-7-8-9-10-11-12-13-14-15-16/h6-7,13-15H,2-5,8H2,1H3/b7-6-,14-13-. The van der Waals surface area contributed by atoms with E-state index in [1.807, 2.05) is 0 Å². The fraction of sp³-hybridized carbons (Fsp3) is 0.400. The second-order valence-electron chi connectivity index (χ2n) is 3.24. The maximum absolute atomic E-state index is 9.89. The molecule has 0 N–H and O–H groups in total. The average Bonchev–Trinajstić information content (AvgIpc) is 2.31. The lowest BCUT2D eigenvalue weighted by atomic mass is 10.2. The normalized spacial score (nSPS) is 9.56. The highest BCUT2D eigenvalue weighted by atomic mass is 16.1. The van der Waals surface area contributed by atoms with Gasteiger partial charge in [0.1, 0.15) is 6.29 Å². The Bertz CT molecular complexity index is 339. The highest BCUT2D eigenvalue weighted by Gasteiger charge is 1.80. The van der Waals surface area contributed by atoms with Gasteiger partial charge in [0.2, 0.25) is 0 Å². The molecule has 0 bridgehead atoms. The first-order valence-corrected chi connectivity index (χ1v) is 5.65. The van der Waals surface area contributed by atoms with Crippen molar-refractivity contribution in [3.63, 3.8) is 0 Å². The Labute approximate surface area is 98.6 Å². The highest BCUT2D eigenvalue weighted by molar-refractivity contribution is 5.65. The molecule has 0 spiro atoms. The lowest BCUT2D eigenvalue weighted by Gasteiger charge is -1.89. The molecule has 0 saturated heterocycles. The smallest absolute Gasteiger partial charge is 0.143 e. The van der Waals surface area contributed by atoms with Crippen molar-refractivity contribution >= 4 is 6.29 Å². The van der Waals surface area contributed by atoms with Crippen LogP contribution in [0.1, 0.15) is 39.0 Å². The summed E-state index contributed by atoms with van der Waals surface area (Å²) in [6.07, 6.45) is 13.5. The van der Waals surface area contributed by atoms with Crippen molar-refractivity contribution < 1.29 is 4.79 Å². The van der Waals surface area contributed by atoms with Gasteiger partial charge in [0, 0.05) is 6.42 Å². The Kier molecular flexibility index (Phi) is 11.8. The third kappa shape index (κ3) is 12.3. The summed E-state index contributed by atoms with van der Waals surface area (Å²) in [4.78, 5) is 9.89. The van der Waals surface area contributed by atoms with E-state index >= 15 is 0 Å². The summed E-state index contributed by atoms with van der Waals surface area (Å²) in [6.45, 7) is 2.20. The minimum atomic E-state index is 0.696. The quantitative estimate of drug-likeness (QED) is 0.218. The molecule has 1 nitrogen and oxygen atoms in total. The van der Waals surface area contributed by atoms with Crippen molar-refractivity contribution in [2.24, 2.45) is 0 Å². The second kappa shape index (κ2) is 13.3. The van der Waals surface area contributed by atoms with Crippen molar-refractivity contribution in [1.29, 1.82) is 0 Å². The zero-order valence-corrected chi connectivity index (χ0v) is 9.83. The zero-order chi connectivity index (χ0) is 11.9. The molecule has 0 aliphatic carbocycles. The summed E-state index contributed by atoms with van der Waals surface area (Å²) in [5.74, 6) is 10.9. The van der Waals surface area contributed by atoms with Gasteiger partial charge in [0.15, 0.2) is 0 Å². The summed E-state index contributed by atoms with van der Waals surface area (Å²) >= 11 is 0. The molecule has 16 heavy (non-hydrogen) atoms. The number of carbonyl (C=O) groups is 1. The molecule has 0 aliphatic heterocycles. The first kappa shape index (κ1) is 14.3. The van der Waals surface area contributed by atoms with E-state index in [9.17, 15) is 4.79 Å². The predicted octanol–water partition coefficient (Wildman–Crippen LogP) is 3.27. The molecule has 0 aromatic rings. The Hall–Kier alpha value is -1.73. The maximum Gasteiger partial charge on any atom is 0.143 e. The monoisotopic (exact) mass is 214 g/mol. The first-order chi connectivity index (χ1) is 7.91. The van der Waals surface area contributed by atoms with Gasteiger partial charge in [-0.05, 0) is 36.8 Å². The summed E-state index contributed by atoms with van der Waals surface area (Å²) in [5.41, 5.74) is 0. The maximum atomic E-state index is 9.89. The number of aldehydes is 1. The molecule has 0 unspecified atom stereocenters. The van der Waals surface area contributed by atoms with Crippen LogP contribution in [0.25, 0.3) is 0 Å². The van der Waals surface area contributed by atoms with Crippen molar-refractivity contribution in [1.82, 2.24) is 0 Å². The number of hydrogen-bond donors (Lipinski definition) is 0. The van der Waals surface area contributed by atoms with Gasteiger partial charge in [-0.1, -0.05) is 43.8 Å². The largest absolute Gasteiger partial charge is 0.299 e. The minimum Gasteiger partial charge on any atom is -0.299 e. The number of hydrogen-bond acceptors (Lipinski definition) is 1. The van der Waals surface area contributed by atoms with Crippen LogP contribution in [0.5, 0.6) is 0 Å². The molecule has 0 amide bonds. The molecule has 1 heteroatoms. The van der Waals surface area contributed by atoms with E-state index in [2.05, 4.69) is 42.8 Å². The average molecular weight is 214 g/mol. The van der Waals surface area contributed by atoms with E-state index in [4.69, 9.17) is 0 Å². The SMILES string of the molecule is CCCCC/C=C\CC#CC#C/C=C\C=O. The van der Waals surface area contributed by atoms with E-state index in [1.165, 1.54) is 31.4 Å². The van der Waals surface area contributed by atoms with Crippen molar-refractivity contribution in [3.8, 4) is 23.7 Å². The lowest BCUT2D eigenvalue weighted by molar-refractivity contribution is -0.104. The van der Waals surface area contributed by atoms with Crippen molar-refractivity contribution in [2.75, 3.05) is 0 Å². The van der Waals surface area contributed by atoms with E-state index in [1.54, 1.807) is 0 Å². The third-order valence-corrected chi connectivity index (χ3v) is 1.84. The zero-order valence-electron chi connectivity index (χ0n) is 9.83. The van der Waals surface area contributed by atoms with Crippen LogP contribution in [0.2, 0.25) is 0 Å². The fourth-order valence-corrected chi connectivity index (χ4v) is 1.03. The van der Waals surface area contributed by atoms with Gasteiger partial charge in [0.25, 0.3) is 0 Å². The number of rotatable bonds is 6. The molecule has 0 aliphatic rings. The summed E-state index contributed by atoms with van der Waals surface area (Å²) in [6, 6.07) is 0. The molecule has 0 aromatic carbocycles. The van der Waals surface area contributed by atoms with E-state index in [-0.39, 0.29) is 0 Å². The summed E-state index contributed by atoms with van der Waals surface area (Å²) in [7, 11) is 0. The van der Waals surface area contributed by atoms with Crippen LogP contribution in [-0.4, -0.2) is 6.29 Å². The molecular formula is C15H18O. The molecule has 0 fully saturated rings. The Morgan fingerprint density at radius 3 is 2.75 bits per heavy atom. The number of allylic oxidation sites excluding steroid dienone is 4. The lowest BCUT2D eigenvalue weighted by Crippen LogP contribution is -1.70. The Balaban J connectivity index is 3.56. The van der Waals surface area contributed by atoms with Gasteiger partial charge < -0.3 is 0 Å². The third-order valence-electron chi connectivity index (χ3n) is 1.84. The van der Waals surface area contributed by atoms with Gasteiger partial charge in [-0.3, -0.25) is 4.79 Å². The Morgan fingerprint density at radius 2 is 2.00 bits per heavy atom. The van der Waals surface area contributed by atoms with E-state index < -0.39 is 0 Å². The van der Waals surface area contributed by atoms with Gasteiger partial charge >= 0.3 is 0 Å². The van der Waals surface area contributed by atoms with Crippen molar-refractivity contribution in [3.05, 3.63) is 24.3 Å². The van der Waals surface area contributed by atoms with Gasteiger partial charge in [-0.25, -0.2) is 0 Å². The van der Waals surface area contributed by atoms with Crippen LogP contribution < -0.4 is 0 Å². The Morgan fingerprint density at radius 1 is 1.12 bits per heavy atom. The predicted molar refractivity (Wildman–Crippen MR) is 68.7 cm³/mol. The van der Waals surface area contributed by atoms with Gasteiger partial charge in [-0.2, -0.15) is 0 Å². The molecule has 0 aromatic heterocycles. The molecule has 0 saturated carbocycles. The molecule has 0 radical (unpaired) electrons. The molecule has 0 atom stereocenters. The number of carbonyl (C=O) groups excluding carboxylic acids is 1. The minimum absolute atomic E-state index is 0.696. The van der Waals surface area contributed by atoms with Gasteiger partial charge in [0.05, 0.1) is 0 Å². The van der Waals surface area contributed by atoms with Crippen molar-refractivity contribution in [2.45, 2.75) is 39.0 Å². The molecular weight excluding hydrogens is 196 g/mol. The molecule has 0 rings (SSSR count). The highest BCUT2D eigenvalue weighted by Crippen LogP contribution is 1.99. The summed E-state index contributed by atoms with van der Waals surface area (Å²) in [5, 5.41) is 0. The van der Waals surface area contributed by atoms with E-state index in [0.29, 0.717) is 6.29 Å². The topological polar surface area (TPSA) is 17.1 Å². The van der Waals surface area contributed by atoms with Crippen LogP contribution in [-0.2, 0) is 4.79 Å². The van der Waals surface area contributed by atoms with Crippen LogP contribution in [0, 0.1) is 23.7 Å². The van der Waals surface area contributed by atoms with Crippen LogP contribution in [0.4, 0.5) is 0 Å². The summed E-state index contributed by atoms with van der Waals surface area (Å²) < 4.78 is 0. The van der Waals surface area contributed by atoms with Gasteiger partial charge in [-0.15, -0.1) is 0 Å². The fourth-order valence-electron chi connectivity index (χ4n) is 1.03. The second-order valence-corrected chi connectivity index (χ2v) is 3.24. The van der Waals surface area contributed by atoms with Crippen LogP contribution in [0.15, 0.2) is 24.3 Å². The van der Waals surface area contributed by atoms with E-state index in [0.717, 1.165) is 12.8 Å². The van der Waals surface area contributed by atoms with Crippen LogP contribution >= 0.6 is 0 Å². The number of unbranched alkanes of at least 4 members (excludes halogenated alkanes) is 3.